The van der Waals surface area contributed by atoms with Crippen LogP contribution in [-0.4, -0.2) is 28.4 Å². The molecule has 3 aromatic rings. The maximum atomic E-state index is 15.1. The summed E-state index contributed by atoms with van der Waals surface area (Å²) < 4.78 is 21.3. The molecule has 0 bridgehead atoms. The molecule has 0 aliphatic rings. The molecule has 0 aliphatic carbocycles. The van der Waals surface area contributed by atoms with Crippen LogP contribution in [0.1, 0.15) is 72.5 Å². The van der Waals surface area contributed by atoms with E-state index in [1.54, 1.807) is 12.1 Å². The molecule has 4 nitrogen and oxygen atoms in total. The van der Waals surface area contributed by atoms with Gasteiger partial charge in [0.05, 0.1) is 0 Å². The highest BCUT2D eigenvalue weighted by atomic mass is 31.2. The first-order valence-electron chi connectivity index (χ1n) is 14.5. The maximum Gasteiger partial charge on any atom is 0.248 e. The Morgan fingerprint density at radius 1 is 0.732 bits per heavy atom. The summed E-state index contributed by atoms with van der Waals surface area (Å²) in [5, 5.41) is 0.303. The molecule has 0 aromatic heterocycles. The molecule has 0 fully saturated rings. The Labute approximate surface area is 250 Å². The van der Waals surface area contributed by atoms with Gasteiger partial charge >= 0.3 is 0 Å². The van der Waals surface area contributed by atoms with Crippen molar-refractivity contribution in [2.24, 2.45) is 0 Å². The highest BCUT2D eigenvalue weighted by molar-refractivity contribution is 8.01. The fourth-order valence-corrected chi connectivity index (χ4v) is 14.5. The molecule has 7 heteroatoms. The predicted molar refractivity (Wildman–Crippen MR) is 177 cm³/mol. The number of hydrogen-bond acceptors (Lipinski definition) is 4. The molecule has 41 heavy (non-hydrogen) atoms. The first kappa shape index (κ1) is 33.1. The summed E-state index contributed by atoms with van der Waals surface area (Å²) in [6, 6.07) is 16.1. The zero-order valence-electron chi connectivity index (χ0n) is 26.5. The summed E-state index contributed by atoms with van der Waals surface area (Å²) in [6.45, 7) is 20.3. The van der Waals surface area contributed by atoms with E-state index >= 15 is 4.57 Å². The van der Waals surface area contributed by atoms with Crippen molar-refractivity contribution in [3.8, 4) is 0 Å². The highest BCUT2D eigenvalue weighted by Crippen LogP contribution is 2.52. The van der Waals surface area contributed by atoms with Crippen LogP contribution in [0.25, 0.3) is 0 Å². The zero-order chi connectivity index (χ0) is 30.7. The van der Waals surface area contributed by atoms with Crippen LogP contribution in [0.2, 0.25) is 32.2 Å². The molecule has 3 aromatic carbocycles. The van der Waals surface area contributed by atoms with Crippen LogP contribution in [0.15, 0.2) is 48.5 Å². The second-order valence-electron chi connectivity index (χ2n) is 12.4. The Hall–Kier alpha value is -2.38. The van der Waals surface area contributed by atoms with Crippen LogP contribution in [0.5, 0.6) is 0 Å². The van der Waals surface area contributed by atoms with Crippen molar-refractivity contribution in [3.05, 3.63) is 98.6 Å². The molecular formula is C34H46O4PSi2. The summed E-state index contributed by atoms with van der Waals surface area (Å²) >= 11 is 0. The molecule has 0 saturated carbocycles. The van der Waals surface area contributed by atoms with Crippen molar-refractivity contribution in [2.45, 2.75) is 93.0 Å². The quantitative estimate of drug-likeness (QED) is 0.117. The van der Waals surface area contributed by atoms with Crippen molar-refractivity contribution in [3.63, 3.8) is 0 Å². The van der Waals surface area contributed by atoms with Gasteiger partial charge in [-0.05, 0) is 114 Å². The third kappa shape index (κ3) is 7.72. The summed E-state index contributed by atoms with van der Waals surface area (Å²) in [5.41, 5.74) is 5.73. The predicted octanol–water partition coefficient (Wildman–Crippen LogP) is 9.00. The largest absolute Gasteiger partial charge is 0.456 e. The van der Waals surface area contributed by atoms with E-state index in [2.05, 4.69) is 26.2 Å². The third-order valence-corrected chi connectivity index (χ3v) is 15.6. The third-order valence-electron chi connectivity index (χ3n) is 7.63. The Morgan fingerprint density at radius 3 is 1.54 bits per heavy atom. The van der Waals surface area contributed by atoms with E-state index in [1.165, 1.54) is 0 Å². The van der Waals surface area contributed by atoms with Crippen LogP contribution in [-0.2, 0) is 15.1 Å². The lowest BCUT2D eigenvalue weighted by Crippen LogP contribution is -2.34. The molecule has 0 atom stereocenters. The number of carbonyl (C=O) groups is 2. The molecule has 3 rings (SSSR count). The smallest absolute Gasteiger partial charge is 0.248 e. The van der Waals surface area contributed by atoms with Crippen LogP contribution in [0, 0.1) is 41.5 Å². The van der Waals surface area contributed by atoms with Gasteiger partial charge in [0, 0.05) is 16.4 Å². The van der Waals surface area contributed by atoms with Gasteiger partial charge in [0.1, 0.15) is 0 Å². The van der Waals surface area contributed by atoms with Gasteiger partial charge in [-0.2, -0.15) is 0 Å². The fourth-order valence-electron chi connectivity index (χ4n) is 6.03. The van der Waals surface area contributed by atoms with Crippen LogP contribution >= 0.6 is 7.14 Å². The Balaban J connectivity index is 1.99. The molecule has 0 N–H and O–H groups in total. The van der Waals surface area contributed by atoms with Crippen LogP contribution in [0.3, 0.4) is 0 Å². The van der Waals surface area contributed by atoms with Gasteiger partial charge in [0.2, 0.25) is 18.2 Å². The van der Waals surface area contributed by atoms with Crippen molar-refractivity contribution in [1.82, 2.24) is 0 Å². The Morgan fingerprint density at radius 2 is 1.15 bits per heavy atom. The Bertz CT molecular complexity index is 1370. The number of unbranched alkanes of at least 4 members (excludes halogenated alkanes) is 1. The van der Waals surface area contributed by atoms with E-state index in [-0.39, 0.29) is 0 Å². The molecule has 0 heterocycles. The lowest BCUT2D eigenvalue weighted by atomic mass is 10.0. The number of rotatable bonds is 12. The maximum absolute atomic E-state index is 15.1. The molecule has 0 saturated heterocycles. The highest BCUT2D eigenvalue weighted by Gasteiger charge is 2.44. The van der Waals surface area contributed by atoms with Crippen molar-refractivity contribution in [2.75, 3.05) is 0 Å². The minimum atomic E-state index is -4.21. The molecule has 0 amide bonds. The normalized spacial score (nSPS) is 12.2. The molecule has 0 spiro atoms. The van der Waals surface area contributed by atoms with Gasteiger partial charge in [-0.3, -0.25) is 9.59 Å². The first-order valence-corrected chi connectivity index (χ1v) is 21.7. The molecule has 0 aliphatic heterocycles. The van der Waals surface area contributed by atoms with Crippen LogP contribution in [0.4, 0.5) is 0 Å². The Kier molecular flexibility index (Phi) is 10.7. The van der Waals surface area contributed by atoms with Gasteiger partial charge in [-0.25, -0.2) is 0 Å². The monoisotopic (exact) mass is 605 g/mol. The summed E-state index contributed by atoms with van der Waals surface area (Å²) in [7, 11) is -6.52. The first-order chi connectivity index (χ1) is 19.1. The fraction of sp³-hybridized carbons (Fsp3) is 0.412. The molecule has 219 valence electrons. The van der Waals surface area contributed by atoms with Gasteiger partial charge in [-0.15, -0.1) is 0 Å². The van der Waals surface area contributed by atoms with E-state index in [0.29, 0.717) is 16.4 Å². The topological polar surface area (TPSA) is 60.4 Å². The van der Waals surface area contributed by atoms with Gasteiger partial charge < -0.3 is 8.68 Å². The lowest BCUT2D eigenvalue weighted by Gasteiger charge is -2.25. The summed E-state index contributed by atoms with van der Waals surface area (Å²) in [6.07, 6.45) is 3.02. The number of hydrogen-bond donors (Lipinski definition) is 0. The number of benzene rings is 3. The number of aryl methyl sites for hydroxylation is 7. The zero-order valence-corrected chi connectivity index (χ0v) is 29.4. The van der Waals surface area contributed by atoms with Gasteiger partial charge in [0.15, 0.2) is 17.4 Å². The minimum Gasteiger partial charge on any atom is -0.456 e. The standard InChI is InChI=1S/C34H46O4PSi2/c1-23-19-25(3)31(26(4)20-23)33(35)39(37,34(36)32-27(5)21-24(2)22-28(32)6)30-16-14-29(15-17-30)13-11-12-18-41(9,10)38-40(7)8/h14-17,19-22H,11-13,18H2,1-10H3. The van der Waals surface area contributed by atoms with E-state index in [4.69, 9.17) is 4.12 Å². The lowest BCUT2D eigenvalue weighted by molar-refractivity contribution is 0.104. The van der Waals surface area contributed by atoms with E-state index in [9.17, 15) is 9.59 Å². The van der Waals surface area contributed by atoms with Crippen molar-refractivity contribution in [1.29, 1.82) is 0 Å². The second kappa shape index (κ2) is 13.3. The SMILES string of the molecule is Cc1cc(C)c(C(=O)P(=O)(C(=O)c2c(C)cc(C)cc2C)c2ccc(CCCC[Si](C)(C)O[Si](C)C)cc2)c(C)c1. The van der Waals surface area contributed by atoms with E-state index in [1.807, 2.05) is 77.9 Å². The van der Waals surface area contributed by atoms with E-state index in [0.717, 1.165) is 64.3 Å². The number of carbonyl (C=O) groups excluding carboxylic acids is 2. The van der Waals surface area contributed by atoms with Crippen molar-refractivity contribution >= 4 is 40.9 Å². The van der Waals surface area contributed by atoms with Gasteiger partial charge in [-0.1, -0.05) is 66.1 Å². The van der Waals surface area contributed by atoms with Crippen LogP contribution < -0.4 is 5.30 Å². The summed E-state index contributed by atoms with van der Waals surface area (Å²) in [5.74, 6) is 0. The molecular weight excluding hydrogens is 560 g/mol. The summed E-state index contributed by atoms with van der Waals surface area (Å²) in [4.78, 5) is 28.6. The second-order valence-corrected chi connectivity index (χ2v) is 21.6. The van der Waals surface area contributed by atoms with Crippen molar-refractivity contribution < 1.29 is 18.3 Å². The minimum absolute atomic E-state index is 0.303. The average molecular weight is 606 g/mol. The van der Waals surface area contributed by atoms with Gasteiger partial charge in [0.25, 0.3) is 0 Å². The van der Waals surface area contributed by atoms with E-state index < -0.39 is 35.5 Å². The average Bonchev–Trinajstić information content (AvgIpc) is 2.84. The molecule has 0 unspecified atom stereocenters. The molecule has 1 radical (unpaired) electrons.